The Kier molecular flexibility index (Phi) is 5.68. The summed E-state index contributed by atoms with van der Waals surface area (Å²) in [4.78, 5) is 2.47. The standard InChI is InChI=1S/C16H26N2O2/c1-4-9-18(5-2)10-8-17-13(3)14-6-7-15-16(11-14)20-12-19-15/h6-7,11,13,17H,4-5,8-10,12H2,1-3H3. The summed E-state index contributed by atoms with van der Waals surface area (Å²) in [5.74, 6) is 1.71. The minimum Gasteiger partial charge on any atom is -0.454 e. The predicted octanol–water partition coefficient (Wildman–Crippen LogP) is 2.80. The van der Waals surface area contributed by atoms with Gasteiger partial charge in [0.15, 0.2) is 11.5 Å². The molecule has 0 aliphatic carbocycles. The maximum Gasteiger partial charge on any atom is 0.231 e. The van der Waals surface area contributed by atoms with E-state index in [9.17, 15) is 0 Å². The van der Waals surface area contributed by atoms with Gasteiger partial charge in [-0.05, 0) is 44.1 Å². The van der Waals surface area contributed by atoms with Gasteiger partial charge in [-0.25, -0.2) is 0 Å². The topological polar surface area (TPSA) is 33.7 Å². The Morgan fingerprint density at radius 1 is 1.20 bits per heavy atom. The molecule has 112 valence electrons. The lowest BCUT2D eigenvalue weighted by molar-refractivity contribution is 0.174. The Morgan fingerprint density at radius 3 is 2.75 bits per heavy atom. The summed E-state index contributed by atoms with van der Waals surface area (Å²) in [6.45, 7) is 11.4. The van der Waals surface area contributed by atoms with Gasteiger partial charge in [0.05, 0.1) is 0 Å². The fraction of sp³-hybridized carbons (Fsp3) is 0.625. The van der Waals surface area contributed by atoms with Gasteiger partial charge >= 0.3 is 0 Å². The van der Waals surface area contributed by atoms with E-state index in [0.29, 0.717) is 12.8 Å². The molecular weight excluding hydrogens is 252 g/mol. The molecule has 0 saturated heterocycles. The van der Waals surface area contributed by atoms with Gasteiger partial charge < -0.3 is 19.7 Å². The molecule has 0 bridgehead atoms. The van der Waals surface area contributed by atoms with E-state index in [1.54, 1.807) is 0 Å². The van der Waals surface area contributed by atoms with Gasteiger partial charge in [0.1, 0.15) is 0 Å². The Labute approximate surface area is 122 Å². The van der Waals surface area contributed by atoms with Gasteiger partial charge in [0, 0.05) is 19.1 Å². The van der Waals surface area contributed by atoms with E-state index in [2.05, 4.69) is 43.1 Å². The van der Waals surface area contributed by atoms with E-state index < -0.39 is 0 Å². The summed E-state index contributed by atoms with van der Waals surface area (Å²) in [6.07, 6.45) is 1.21. The third kappa shape index (κ3) is 3.87. The lowest BCUT2D eigenvalue weighted by Gasteiger charge is -2.21. The number of hydrogen-bond donors (Lipinski definition) is 1. The summed E-state index contributed by atoms with van der Waals surface area (Å²) < 4.78 is 10.8. The van der Waals surface area contributed by atoms with Crippen LogP contribution in [0.3, 0.4) is 0 Å². The molecule has 1 unspecified atom stereocenters. The fourth-order valence-electron chi connectivity index (χ4n) is 2.48. The zero-order chi connectivity index (χ0) is 14.4. The first-order valence-electron chi connectivity index (χ1n) is 7.59. The number of fused-ring (bicyclic) bond motifs is 1. The van der Waals surface area contributed by atoms with Gasteiger partial charge in [-0.1, -0.05) is 19.9 Å². The van der Waals surface area contributed by atoms with Crippen molar-refractivity contribution >= 4 is 0 Å². The van der Waals surface area contributed by atoms with Crippen LogP contribution in [-0.4, -0.2) is 37.9 Å². The molecule has 1 atom stereocenters. The Morgan fingerprint density at radius 2 is 2.00 bits per heavy atom. The normalized spacial score (nSPS) is 14.8. The van der Waals surface area contributed by atoms with Crippen LogP contribution in [0.1, 0.15) is 38.8 Å². The van der Waals surface area contributed by atoms with Gasteiger partial charge in [-0.2, -0.15) is 0 Å². The molecule has 0 spiro atoms. The fourth-order valence-corrected chi connectivity index (χ4v) is 2.48. The number of benzene rings is 1. The molecule has 1 aromatic rings. The van der Waals surface area contributed by atoms with E-state index >= 15 is 0 Å². The lowest BCUT2D eigenvalue weighted by Crippen LogP contribution is -2.33. The minimum atomic E-state index is 0.324. The molecule has 0 fully saturated rings. The monoisotopic (exact) mass is 278 g/mol. The molecule has 0 aromatic heterocycles. The number of rotatable bonds is 8. The second kappa shape index (κ2) is 7.50. The first kappa shape index (κ1) is 15.1. The van der Waals surface area contributed by atoms with Crippen LogP contribution in [-0.2, 0) is 0 Å². The first-order valence-corrected chi connectivity index (χ1v) is 7.59. The SMILES string of the molecule is CCCN(CC)CCNC(C)c1ccc2c(c1)OCO2. The van der Waals surface area contributed by atoms with Crippen LogP contribution in [0.2, 0.25) is 0 Å². The molecule has 20 heavy (non-hydrogen) atoms. The molecule has 4 heteroatoms. The van der Waals surface area contributed by atoms with Crippen molar-refractivity contribution in [2.75, 3.05) is 33.0 Å². The van der Waals surface area contributed by atoms with Crippen molar-refractivity contribution in [3.63, 3.8) is 0 Å². The van der Waals surface area contributed by atoms with Crippen molar-refractivity contribution in [1.82, 2.24) is 10.2 Å². The molecule has 1 aliphatic rings. The molecule has 0 amide bonds. The summed E-state index contributed by atoms with van der Waals surface area (Å²) in [5.41, 5.74) is 1.24. The largest absolute Gasteiger partial charge is 0.454 e. The maximum absolute atomic E-state index is 5.42. The van der Waals surface area contributed by atoms with Crippen molar-refractivity contribution in [3.05, 3.63) is 23.8 Å². The molecular formula is C16H26N2O2. The average molecular weight is 278 g/mol. The van der Waals surface area contributed by atoms with Gasteiger partial charge in [-0.15, -0.1) is 0 Å². The third-order valence-corrected chi connectivity index (χ3v) is 3.76. The molecule has 1 aromatic carbocycles. The summed E-state index contributed by atoms with van der Waals surface area (Å²) in [5, 5.41) is 3.58. The van der Waals surface area contributed by atoms with Crippen LogP contribution in [0, 0.1) is 0 Å². The Balaban J connectivity index is 1.81. The molecule has 0 saturated carbocycles. The van der Waals surface area contributed by atoms with E-state index in [1.165, 1.54) is 18.5 Å². The molecule has 1 N–H and O–H groups in total. The van der Waals surface area contributed by atoms with E-state index in [0.717, 1.165) is 31.1 Å². The zero-order valence-corrected chi connectivity index (χ0v) is 12.8. The minimum absolute atomic E-state index is 0.324. The predicted molar refractivity (Wildman–Crippen MR) is 81.4 cm³/mol. The van der Waals surface area contributed by atoms with Crippen LogP contribution in [0.25, 0.3) is 0 Å². The number of nitrogens with zero attached hydrogens (tertiary/aromatic N) is 1. The van der Waals surface area contributed by atoms with E-state index in [4.69, 9.17) is 9.47 Å². The van der Waals surface area contributed by atoms with E-state index in [1.807, 2.05) is 6.07 Å². The number of ether oxygens (including phenoxy) is 2. The van der Waals surface area contributed by atoms with Crippen LogP contribution in [0.5, 0.6) is 11.5 Å². The molecule has 0 radical (unpaired) electrons. The highest BCUT2D eigenvalue weighted by Gasteiger charge is 2.15. The van der Waals surface area contributed by atoms with Crippen molar-refractivity contribution < 1.29 is 9.47 Å². The number of nitrogens with one attached hydrogen (secondary N) is 1. The first-order chi connectivity index (χ1) is 9.74. The second-order valence-electron chi connectivity index (χ2n) is 5.22. The number of hydrogen-bond acceptors (Lipinski definition) is 4. The average Bonchev–Trinajstić information content (AvgIpc) is 2.93. The highest BCUT2D eigenvalue weighted by Crippen LogP contribution is 2.33. The lowest BCUT2D eigenvalue weighted by atomic mass is 10.1. The van der Waals surface area contributed by atoms with Gasteiger partial charge in [0.25, 0.3) is 0 Å². The van der Waals surface area contributed by atoms with Crippen LogP contribution >= 0.6 is 0 Å². The molecule has 1 heterocycles. The highest BCUT2D eigenvalue weighted by molar-refractivity contribution is 5.45. The van der Waals surface area contributed by atoms with Gasteiger partial charge in [0.2, 0.25) is 6.79 Å². The van der Waals surface area contributed by atoms with Crippen LogP contribution in [0.15, 0.2) is 18.2 Å². The van der Waals surface area contributed by atoms with Crippen molar-refractivity contribution in [3.8, 4) is 11.5 Å². The zero-order valence-electron chi connectivity index (χ0n) is 12.8. The van der Waals surface area contributed by atoms with Crippen LogP contribution in [0.4, 0.5) is 0 Å². The van der Waals surface area contributed by atoms with Crippen LogP contribution < -0.4 is 14.8 Å². The molecule has 1 aliphatic heterocycles. The molecule has 2 rings (SSSR count). The van der Waals surface area contributed by atoms with Crippen molar-refractivity contribution in [1.29, 1.82) is 0 Å². The quantitative estimate of drug-likeness (QED) is 0.793. The summed E-state index contributed by atoms with van der Waals surface area (Å²) in [6, 6.07) is 6.49. The number of likely N-dealkylation sites (N-methyl/N-ethyl adjacent to an activating group) is 1. The maximum atomic E-state index is 5.42. The van der Waals surface area contributed by atoms with E-state index in [-0.39, 0.29) is 0 Å². The highest BCUT2D eigenvalue weighted by atomic mass is 16.7. The molecule has 4 nitrogen and oxygen atoms in total. The third-order valence-electron chi connectivity index (χ3n) is 3.76. The van der Waals surface area contributed by atoms with Crippen molar-refractivity contribution in [2.24, 2.45) is 0 Å². The summed E-state index contributed by atoms with van der Waals surface area (Å²) >= 11 is 0. The van der Waals surface area contributed by atoms with Crippen molar-refractivity contribution in [2.45, 2.75) is 33.2 Å². The smallest absolute Gasteiger partial charge is 0.231 e. The van der Waals surface area contributed by atoms with Gasteiger partial charge in [-0.3, -0.25) is 0 Å². The Bertz CT molecular complexity index is 423. The second-order valence-corrected chi connectivity index (χ2v) is 5.22. The Hall–Kier alpha value is -1.26. The summed E-state index contributed by atoms with van der Waals surface area (Å²) in [7, 11) is 0.